The summed E-state index contributed by atoms with van der Waals surface area (Å²) in [4.78, 5) is 17.8. The lowest BCUT2D eigenvalue weighted by Gasteiger charge is -2.49. The average molecular weight is 494 g/mol. The van der Waals surface area contributed by atoms with Crippen molar-refractivity contribution in [2.45, 2.75) is 57.6 Å². The minimum absolute atomic E-state index is 0.0486. The van der Waals surface area contributed by atoms with E-state index >= 15 is 0 Å². The van der Waals surface area contributed by atoms with Crippen LogP contribution >= 0.6 is 0 Å². The summed E-state index contributed by atoms with van der Waals surface area (Å²) in [6.07, 6.45) is 0.825. The van der Waals surface area contributed by atoms with E-state index in [1.54, 1.807) is 18.9 Å². The van der Waals surface area contributed by atoms with Crippen LogP contribution in [0, 0.1) is 0 Å². The van der Waals surface area contributed by atoms with E-state index in [9.17, 15) is 18.3 Å². The molecule has 0 bridgehead atoms. The van der Waals surface area contributed by atoms with Crippen LogP contribution in [-0.4, -0.2) is 78.5 Å². The molecule has 1 fully saturated rings. The van der Waals surface area contributed by atoms with Gasteiger partial charge in [0.15, 0.2) is 0 Å². The van der Waals surface area contributed by atoms with Crippen molar-refractivity contribution in [2.75, 3.05) is 39.1 Å². The van der Waals surface area contributed by atoms with Crippen LogP contribution in [0.2, 0.25) is 0 Å². The van der Waals surface area contributed by atoms with E-state index in [1.165, 1.54) is 4.31 Å². The Morgan fingerprint density at radius 1 is 1.26 bits per heavy atom. The Morgan fingerprint density at radius 3 is 2.50 bits per heavy atom. The minimum Gasteiger partial charge on any atom is -0.497 e. The molecule has 1 aromatic carbocycles. The maximum Gasteiger partial charge on any atom is 0.410 e. The number of hydrogen-bond acceptors (Lipinski definition) is 6. The van der Waals surface area contributed by atoms with Gasteiger partial charge in [0.2, 0.25) is 10.0 Å². The Kier molecular flexibility index (Phi) is 6.37. The molecule has 0 saturated carbocycles. The van der Waals surface area contributed by atoms with Gasteiger partial charge in [0.05, 0.1) is 25.5 Å². The molecule has 2 aromatic rings. The van der Waals surface area contributed by atoms with E-state index in [1.807, 2.05) is 39.0 Å². The molecule has 1 amide bonds. The number of nitrogens with one attached hydrogen (secondary N) is 1. The number of likely N-dealkylation sites (tertiary alicyclic amines) is 1. The number of hydrogen-bond donors (Lipinski definition) is 2. The van der Waals surface area contributed by atoms with Gasteiger partial charge in [-0.05, 0) is 58.2 Å². The number of piperidine rings is 1. The van der Waals surface area contributed by atoms with Gasteiger partial charge in [0, 0.05) is 47.7 Å². The third-order valence-corrected chi connectivity index (χ3v) is 8.80. The van der Waals surface area contributed by atoms with E-state index < -0.39 is 27.1 Å². The average Bonchev–Trinajstić information content (AvgIpc) is 3.17. The fourth-order valence-electron chi connectivity index (χ4n) is 5.27. The molecule has 2 N–H and O–H groups in total. The normalized spacial score (nSPS) is 21.0. The SMILES string of the molecule is CCS(=O)(=O)N1CC2(CCN(C(=O)OC(C)(C)C)CC2)c2c([nH]c3cc(OC)ccc23)[C@@H]1CO. The number of methoxy groups -OCH3 is 1. The zero-order valence-corrected chi connectivity index (χ0v) is 21.4. The second-order valence-electron chi connectivity index (χ2n) is 10.2. The number of H-pyrrole nitrogens is 1. The van der Waals surface area contributed by atoms with Crippen LogP contribution in [0.5, 0.6) is 5.75 Å². The number of carbonyl (C=O) groups is 1. The summed E-state index contributed by atoms with van der Waals surface area (Å²) in [5, 5.41) is 11.3. The number of aromatic nitrogens is 1. The van der Waals surface area contributed by atoms with Crippen molar-refractivity contribution in [3.63, 3.8) is 0 Å². The lowest BCUT2D eigenvalue weighted by molar-refractivity contribution is 0.0132. The van der Waals surface area contributed by atoms with Crippen molar-refractivity contribution in [2.24, 2.45) is 0 Å². The number of carbonyl (C=O) groups excluding carboxylic acids is 1. The number of amides is 1. The molecule has 1 atom stereocenters. The number of aromatic amines is 1. The van der Waals surface area contributed by atoms with Gasteiger partial charge in [0.1, 0.15) is 11.4 Å². The fraction of sp³-hybridized carbons (Fsp3) is 0.625. The lowest BCUT2D eigenvalue weighted by Crippen LogP contribution is -2.56. The molecule has 2 aliphatic rings. The Labute approximate surface area is 201 Å². The Bertz CT molecular complexity index is 1180. The predicted molar refractivity (Wildman–Crippen MR) is 130 cm³/mol. The van der Waals surface area contributed by atoms with E-state index in [4.69, 9.17) is 9.47 Å². The predicted octanol–water partition coefficient (Wildman–Crippen LogP) is 3.14. The summed E-state index contributed by atoms with van der Waals surface area (Å²) >= 11 is 0. The molecule has 9 nitrogen and oxygen atoms in total. The maximum atomic E-state index is 13.1. The first-order valence-electron chi connectivity index (χ1n) is 11.7. The third kappa shape index (κ3) is 4.27. The second-order valence-corrected chi connectivity index (χ2v) is 12.4. The standard InChI is InChI=1S/C24H35N3O6S/c1-6-34(30,31)27-15-24(9-11-26(12-10-24)22(29)33-23(2,3)4)20-17-8-7-16(32-5)13-18(17)25-21(20)19(27)14-28/h7-8,13,19,25,28H,6,9-12,14-15H2,1-5H3/t19-/m0/s1. The monoisotopic (exact) mass is 493 g/mol. The van der Waals surface area contributed by atoms with Crippen LogP contribution in [-0.2, 0) is 20.2 Å². The molecule has 1 spiro atoms. The molecule has 10 heteroatoms. The largest absolute Gasteiger partial charge is 0.497 e. The maximum absolute atomic E-state index is 13.1. The summed E-state index contributed by atoms with van der Waals surface area (Å²) < 4.78 is 38.6. The summed E-state index contributed by atoms with van der Waals surface area (Å²) in [6.45, 7) is 8.00. The topological polar surface area (TPSA) is 112 Å². The highest BCUT2D eigenvalue weighted by molar-refractivity contribution is 7.89. The molecular weight excluding hydrogens is 458 g/mol. The van der Waals surface area contributed by atoms with Gasteiger partial charge in [0.25, 0.3) is 0 Å². The molecule has 2 aliphatic heterocycles. The Hall–Kier alpha value is -2.30. The van der Waals surface area contributed by atoms with Crippen LogP contribution in [0.4, 0.5) is 4.79 Å². The quantitative estimate of drug-likeness (QED) is 0.677. The number of sulfonamides is 1. The first kappa shape index (κ1) is 24.8. The van der Waals surface area contributed by atoms with E-state index in [0.29, 0.717) is 31.7 Å². The van der Waals surface area contributed by atoms with Crippen LogP contribution < -0.4 is 4.74 Å². The zero-order valence-electron chi connectivity index (χ0n) is 20.6. The van der Waals surface area contributed by atoms with Gasteiger partial charge in [-0.1, -0.05) is 0 Å². The van der Waals surface area contributed by atoms with Crippen molar-refractivity contribution in [3.05, 3.63) is 29.5 Å². The number of fused-ring (bicyclic) bond motifs is 4. The second kappa shape index (κ2) is 8.73. The van der Waals surface area contributed by atoms with Crippen molar-refractivity contribution in [1.29, 1.82) is 0 Å². The van der Waals surface area contributed by atoms with E-state index in [0.717, 1.165) is 22.2 Å². The minimum atomic E-state index is -3.58. The lowest BCUT2D eigenvalue weighted by atomic mass is 9.69. The summed E-state index contributed by atoms with van der Waals surface area (Å²) in [7, 11) is -1.98. The highest BCUT2D eigenvalue weighted by atomic mass is 32.2. The number of aliphatic hydroxyl groups is 1. The first-order chi connectivity index (χ1) is 15.9. The number of benzene rings is 1. The molecule has 4 rings (SSSR count). The Balaban J connectivity index is 1.79. The fourth-order valence-corrected chi connectivity index (χ4v) is 6.60. The number of rotatable bonds is 4. The van der Waals surface area contributed by atoms with Crippen LogP contribution in [0.3, 0.4) is 0 Å². The summed E-state index contributed by atoms with van der Waals surface area (Å²) in [5.41, 5.74) is 1.53. The first-order valence-corrected chi connectivity index (χ1v) is 13.3. The van der Waals surface area contributed by atoms with Crippen LogP contribution in [0.25, 0.3) is 10.9 Å². The van der Waals surface area contributed by atoms with Gasteiger partial charge in [-0.3, -0.25) is 0 Å². The molecule has 0 unspecified atom stereocenters. The van der Waals surface area contributed by atoms with Gasteiger partial charge in [-0.2, -0.15) is 4.31 Å². The molecular formula is C24H35N3O6S. The number of aliphatic hydroxyl groups excluding tert-OH is 1. The van der Waals surface area contributed by atoms with Gasteiger partial charge in [-0.15, -0.1) is 0 Å². The zero-order chi connectivity index (χ0) is 24.9. The molecule has 3 heterocycles. The highest BCUT2D eigenvalue weighted by Gasteiger charge is 2.50. The van der Waals surface area contributed by atoms with Crippen molar-refractivity contribution >= 4 is 27.0 Å². The van der Waals surface area contributed by atoms with Gasteiger partial charge in [-0.25, -0.2) is 13.2 Å². The molecule has 1 saturated heterocycles. The van der Waals surface area contributed by atoms with Crippen LogP contribution in [0.15, 0.2) is 18.2 Å². The van der Waals surface area contributed by atoms with Gasteiger partial charge < -0.3 is 24.5 Å². The third-order valence-electron chi connectivity index (χ3n) is 6.97. The Morgan fingerprint density at radius 2 is 1.94 bits per heavy atom. The molecule has 1 aromatic heterocycles. The van der Waals surface area contributed by atoms with E-state index in [2.05, 4.69) is 4.98 Å². The van der Waals surface area contributed by atoms with Gasteiger partial charge >= 0.3 is 6.09 Å². The van der Waals surface area contributed by atoms with Crippen LogP contribution in [0.1, 0.15) is 57.8 Å². The molecule has 0 radical (unpaired) electrons. The van der Waals surface area contributed by atoms with Crippen molar-refractivity contribution in [1.82, 2.24) is 14.2 Å². The van der Waals surface area contributed by atoms with E-state index in [-0.39, 0.29) is 25.0 Å². The smallest absolute Gasteiger partial charge is 0.410 e. The molecule has 188 valence electrons. The van der Waals surface area contributed by atoms with Crippen molar-refractivity contribution < 1.29 is 27.8 Å². The summed E-state index contributed by atoms with van der Waals surface area (Å²) in [5.74, 6) is 0.644. The highest BCUT2D eigenvalue weighted by Crippen LogP contribution is 2.49. The molecule has 0 aliphatic carbocycles. The number of ether oxygens (including phenoxy) is 2. The van der Waals surface area contributed by atoms with Crippen molar-refractivity contribution in [3.8, 4) is 5.75 Å². The molecule has 34 heavy (non-hydrogen) atoms. The summed E-state index contributed by atoms with van der Waals surface area (Å²) in [6, 6.07) is 5.09. The number of nitrogens with zero attached hydrogens (tertiary/aromatic N) is 2.